The summed E-state index contributed by atoms with van der Waals surface area (Å²) in [4.78, 5) is 12.1. The molecule has 1 amide bonds. The Morgan fingerprint density at radius 3 is 2.44 bits per heavy atom. The fourth-order valence-electron chi connectivity index (χ4n) is 2.65. The van der Waals surface area contributed by atoms with E-state index in [0.29, 0.717) is 16.9 Å². The molecule has 0 spiro atoms. The minimum Gasteiger partial charge on any atom is -0.505 e. The predicted octanol–water partition coefficient (Wildman–Crippen LogP) is 4.14. The lowest BCUT2D eigenvalue weighted by Gasteiger charge is -2.12. The van der Waals surface area contributed by atoms with Crippen LogP contribution in [0, 0.1) is 5.82 Å². The van der Waals surface area contributed by atoms with E-state index < -0.39 is 17.5 Å². The highest BCUT2D eigenvalue weighted by Crippen LogP contribution is 2.25. The van der Waals surface area contributed by atoms with E-state index in [0.717, 1.165) is 11.6 Å². The van der Waals surface area contributed by atoms with Crippen molar-refractivity contribution in [3.63, 3.8) is 0 Å². The number of amides is 1. The van der Waals surface area contributed by atoms with Crippen LogP contribution in [0.5, 0.6) is 11.5 Å². The molecule has 0 saturated carbocycles. The third-order valence-electron chi connectivity index (χ3n) is 3.99. The molecule has 0 unspecified atom stereocenters. The number of carbonyl (C=O) groups excluding carboxylic acids is 1. The first kappa shape index (κ1) is 18.2. The summed E-state index contributed by atoms with van der Waals surface area (Å²) >= 11 is 0. The van der Waals surface area contributed by atoms with Crippen molar-refractivity contribution < 1.29 is 19.0 Å². The third kappa shape index (κ3) is 4.52. The average Bonchev–Trinajstić information content (AvgIpc) is 2.68. The van der Waals surface area contributed by atoms with Crippen LogP contribution in [0.15, 0.2) is 72.8 Å². The van der Waals surface area contributed by atoms with Gasteiger partial charge in [-0.1, -0.05) is 48.5 Å². The van der Waals surface area contributed by atoms with Gasteiger partial charge in [0.2, 0.25) is 5.91 Å². The minimum absolute atomic E-state index is 0.244. The summed E-state index contributed by atoms with van der Waals surface area (Å²) in [5.41, 5.74) is 7.67. The zero-order valence-electron chi connectivity index (χ0n) is 14.4. The minimum atomic E-state index is -0.732. The molecule has 0 aromatic heterocycles. The Kier molecular flexibility index (Phi) is 5.52. The standard InChI is InChI=1S/C22H18FNO3/c23-20-11-10-15(13-21(20)25)12-19(22(24)26)18-9-5-4-6-16(18)14-27-17-7-2-1-3-8-17/h1-13,25H,14H2,(H2,24,26)/b19-12+. The molecule has 0 fully saturated rings. The van der Waals surface area contributed by atoms with Crippen molar-refractivity contribution in [2.75, 3.05) is 0 Å². The second kappa shape index (κ2) is 8.19. The predicted molar refractivity (Wildman–Crippen MR) is 102 cm³/mol. The first-order valence-corrected chi connectivity index (χ1v) is 8.31. The Bertz CT molecular complexity index is 984. The van der Waals surface area contributed by atoms with E-state index >= 15 is 0 Å². The maximum atomic E-state index is 13.3. The first-order chi connectivity index (χ1) is 13.0. The molecule has 3 N–H and O–H groups in total. The number of ether oxygens (including phenoxy) is 1. The largest absolute Gasteiger partial charge is 0.505 e. The van der Waals surface area contributed by atoms with Crippen LogP contribution >= 0.6 is 0 Å². The molecule has 0 aliphatic heterocycles. The van der Waals surface area contributed by atoms with E-state index in [-0.39, 0.29) is 12.2 Å². The number of para-hydroxylation sites is 1. The topological polar surface area (TPSA) is 72.6 Å². The van der Waals surface area contributed by atoms with E-state index in [2.05, 4.69) is 0 Å². The summed E-state index contributed by atoms with van der Waals surface area (Å²) in [5, 5.41) is 9.55. The van der Waals surface area contributed by atoms with Crippen molar-refractivity contribution in [2.45, 2.75) is 6.61 Å². The average molecular weight is 363 g/mol. The van der Waals surface area contributed by atoms with Gasteiger partial charge in [0.1, 0.15) is 12.4 Å². The van der Waals surface area contributed by atoms with Crippen molar-refractivity contribution in [3.05, 3.63) is 95.3 Å². The van der Waals surface area contributed by atoms with Gasteiger partial charge in [0, 0.05) is 5.57 Å². The van der Waals surface area contributed by atoms with E-state index in [1.165, 1.54) is 18.2 Å². The molecule has 3 aromatic rings. The lowest BCUT2D eigenvalue weighted by atomic mass is 9.97. The number of hydrogen-bond donors (Lipinski definition) is 2. The molecular formula is C22H18FNO3. The molecule has 0 radical (unpaired) electrons. The fraction of sp³-hybridized carbons (Fsp3) is 0.0455. The van der Waals surface area contributed by atoms with E-state index in [4.69, 9.17) is 10.5 Å². The summed E-state index contributed by atoms with van der Waals surface area (Å²) in [7, 11) is 0. The summed E-state index contributed by atoms with van der Waals surface area (Å²) in [6.07, 6.45) is 1.52. The first-order valence-electron chi connectivity index (χ1n) is 8.31. The number of primary amides is 1. The number of aromatic hydroxyl groups is 1. The molecular weight excluding hydrogens is 345 g/mol. The smallest absolute Gasteiger partial charge is 0.249 e. The second-order valence-electron chi connectivity index (χ2n) is 5.89. The van der Waals surface area contributed by atoms with Crippen LogP contribution in [-0.2, 0) is 11.4 Å². The lowest BCUT2D eigenvalue weighted by Crippen LogP contribution is -2.14. The maximum absolute atomic E-state index is 13.3. The molecule has 3 rings (SSSR count). The summed E-state index contributed by atoms with van der Waals surface area (Å²) < 4.78 is 19.0. The number of hydrogen-bond acceptors (Lipinski definition) is 3. The van der Waals surface area contributed by atoms with Crippen molar-refractivity contribution in [1.82, 2.24) is 0 Å². The number of phenols is 1. The van der Waals surface area contributed by atoms with Crippen LogP contribution in [0.4, 0.5) is 4.39 Å². The summed E-state index contributed by atoms with van der Waals surface area (Å²) in [6.45, 7) is 0.249. The third-order valence-corrected chi connectivity index (χ3v) is 3.99. The second-order valence-corrected chi connectivity index (χ2v) is 5.89. The number of phenolic OH excluding ortho intramolecular Hbond substituents is 1. The van der Waals surface area contributed by atoms with Gasteiger partial charge in [-0.05, 0) is 47.0 Å². The van der Waals surface area contributed by atoms with Gasteiger partial charge in [-0.3, -0.25) is 4.79 Å². The van der Waals surface area contributed by atoms with Crippen molar-refractivity contribution >= 4 is 17.6 Å². The van der Waals surface area contributed by atoms with Gasteiger partial charge in [-0.15, -0.1) is 0 Å². The maximum Gasteiger partial charge on any atom is 0.249 e. The molecule has 0 heterocycles. The van der Waals surface area contributed by atoms with Crippen molar-refractivity contribution in [3.8, 4) is 11.5 Å². The summed E-state index contributed by atoms with van der Waals surface area (Å²) in [5.74, 6) is -1.15. The van der Waals surface area contributed by atoms with Gasteiger partial charge in [0.25, 0.3) is 0 Å². The van der Waals surface area contributed by atoms with E-state index in [1.54, 1.807) is 12.1 Å². The van der Waals surface area contributed by atoms with Crippen LogP contribution in [0.2, 0.25) is 0 Å². The Balaban J connectivity index is 1.95. The van der Waals surface area contributed by atoms with Crippen LogP contribution < -0.4 is 10.5 Å². The van der Waals surface area contributed by atoms with Gasteiger partial charge in [-0.2, -0.15) is 0 Å². The van der Waals surface area contributed by atoms with Gasteiger partial charge < -0.3 is 15.6 Å². The van der Waals surface area contributed by atoms with Crippen LogP contribution in [0.1, 0.15) is 16.7 Å². The Morgan fingerprint density at radius 1 is 1.04 bits per heavy atom. The summed E-state index contributed by atoms with van der Waals surface area (Å²) in [6, 6.07) is 20.4. The van der Waals surface area contributed by atoms with Crippen LogP contribution in [-0.4, -0.2) is 11.0 Å². The number of rotatable bonds is 6. The monoisotopic (exact) mass is 363 g/mol. The molecule has 5 heteroatoms. The molecule has 4 nitrogen and oxygen atoms in total. The normalized spacial score (nSPS) is 11.2. The van der Waals surface area contributed by atoms with Gasteiger partial charge in [0.15, 0.2) is 11.6 Å². The van der Waals surface area contributed by atoms with E-state index in [9.17, 15) is 14.3 Å². The highest BCUT2D eigenvalue weighted by atomic mass is 19.1. The number of nitrogens with two attached hydrogens (primary N) is 1. The SMILES string of the molecule is NC(=O)/C(=C/c1ccc(F)c(O)c1)c1ccccc1COc1ccccc1. The van der Waals surface area contributed by atoms with Crippen molar-refractivity contribution in [2.24, 2.45) is 5.73 Å². The lowest BCUT2D eigenvalue weighted by molar-refractivity contribution is -0.112. The number of benzene rings is 3. The zero-order chi connectivity index (χ0) is 19.2. The van der Waals surface area contributed by atoms with Gasteiger partial charge >= 0.3 is 0 Å². The molecule has 0 saturated heterocycles. The number of carbonyl (C=O) groups is 1. The molecule has 0 atom stereocenters. The Morgan fingerprint density at radius 2 is 1.74 bits per heavy atom. The van der Waals surface area contributed by atoms with Gasteiger partial charge in [-0.25, -0.2) is 4.39 Å². The zero-order valence-corrected chi connectivity index (χ0v) is 14.4. The van der Waals surface area contributed by atoms with Crippen LogP contribution in [0.25, 0.3) is 11.6 Å². The Labute approximate surface area is 156 Å². The highest BCUT2D eigenvalue weighted by Gasteiger charge is 2.14. The molecule has 0 aliphatic carbocycles. The molecule has 27 heavy (non-hydrogen) atoms. The van der Waals surface area contributed by atoms with E-state index in [1.807, 2.05) is 42.5 Å². The highest BCUT2D eigenvalue weighted by molar-refractivity contribution is 6.23. The molecule has 3 aromatic carbocycles. The molecule has 0 aliphatic rings. The Hall–Kier alpha value is -3.60. The fourth-order valence-corrected chi connectivity index (χ4v) is 2.65. The quantitative estimate of drug-likeness (QED) is 0.511. The molecule has 136 valence electrons. The number of halogens is 1. The van der Waals surface area contributed by atoms with Gasteiger partial charge in [0.05, 0.1) is 0 Å². The molecule has 0 bridgehead atoms. The van der Waals surface area contributed by atoms with Crippen LogP contribution in [0.3, 0.4) is 0 Å². The van der Waals surface area contributed by atoms with Crippen molar-refractivity contribution in [1.29, 1.82) is 0 Å².